The number of aliphatic hydroxyl groups is 1. The highest BCUT2D eigenvalue weighted by molar-refractivity contribution is 5.82. The zero-order valence-electron chi connectivity index (χ0n) is 6.63. The number of hydrogen-bond acceptors (Lipinski definition) is 2. The highest BCUT2D eigenvalue weighted by Gasteiger charge is 2.46. The summed E-state index contributed by atoms with van der Waals surface area (Å²) in [7, 11) is 0. The van der Waals surface area contributed by atoms with E-state index < -0.39 is 0 Å². The minimum absolute atomic E-state index is 0.0729. The quantitative estimate of drug-likeness (QED) is 0.518. The molecule has 0 aromatic carbocycles. The van der Waals surface area contributed by atoms with E-state index in [2.05, 4.69) is 5.32 Å². The molecule has 2 bridgehead atoms. The summed E-state index contributed by atoms with van der Waals surface area (Å²) >= 11 is 0. The standard InChI is InChI=1S/C8H13NO2/c1-8-3-5(7(11)9-8)2-6(10)4-8/h5-6,10H,2-4H2,1H3,(H,9,11)/t5-,6+,8+/m0/s1. The summed E-state index contributed by atoms with van der Waals surface area (Å²) in [5.41, 5.74) is -0.112. The lowest BCUT2D eigenvalue weighted by Crippen LogP contribution is -2.41. The predicted molar refractivity (Wildman–Crippen MR) is 39.9 cm³/mol. The fourth-order valence-corrected chi connectivity index (χ4v) is 2.34. The van der Waals surface area contributed by atoms with Gasteiger partial charge in [0.2, 0.25) is 5.91 Å². The molecular weight excluding hydrogens is 142 g/mol. The molecule has 0 aromatic heterocycles. The highest BCUT2D eigenvalue weighted by atomic mass is 16.3. The molecule has 0 aromatic rings. The monoisotopic (exact) mass is 155 g/mol. The fourth-order valence-electron chi connectivity index (χ4n) is 2.34. The van der Waals surface area contributed by atoms with Gasteiger partial charge >= 0.3 is 0 Å². The van der Waals surface area contributed by atoms with E-state index in [1.807, 2.05) is 6.92 Å². The van der Waals surface area contributed by atoms with E-state index in [0.29, 0.717) is 6.42 Å². The molecular formula is C8H13NO2. The number of fused-ring (bicyclic) bond motifs is 2. The summed E-state index contributed by atoms with van der Waals surface area (Å²) in [6.45, 7) is 2.01. The molecule has 2 N–H and O–H groups in total. The number of hydrogen-bond donors (Lipinski definition) is 2. The maximum Gasteiger partial charge on any atom is 0.223 e. The van der Waals surface area contributed by atoms with E-state index >= 15 is 0 Å². The van der Waals surface area contributed by atoms with Gasteiger partial charge in [-0.1, -0.05) is 0 Å². The van der Waals surface area contributed by atoms with Crippen LogP contribution < -0.4 is 5.32 Å². The van der Waals surface area contributed by atoms with Gasteiger partial charge in [0.1, 0.15) is 0 Å². The molecule has 1 saturated heterocycles. The van der Waals surface area contributed by atoms with Gasteiger partial charge in [-0.25, -0.2) is 0 Å². The molecule has 1 aliphatic heterocycles. The first-order chi connectivity index (χ1) is 5.09. The van der Waals surface area contributed by atoms with Crippen molar-refractivity contribution in [2.75, 3.05) is 0 Å². The van der Waals surface area contributed by atoms with Gasteiger partial charge in [-0.15, -0.1) is 0 Å². The average molecular weight is 155 g/mol. The summed E-state index contributed by atoms with van der Waals surface area (Å²) in [4.78, 5) is 11.2. The minimum Gasteiger partial charge on any atom is -0.393 e. The largest absolute Gasteiger partial charge is 0.393 e. The Kier molecular flexibility index (Phi) is 1.27. The summed E-state index contributed by atoms with van der Waals surface area (Å²) in [5, 5.41) is 12.3. The van der Waals surface area contributed by atoms with E-state index in [1.165, 1.54) is 0 Å². The SMILES string of the molecule is C[C@]12C[C@H](O)C[C@@H](C1)C(=O)N2. The minimum atomic E-state index is -0.280. The smallest absolute Gasteiger partial charge is 0.223 e. The van der Waals surface area contributed by atoms with Crippen LogP contribution in [0.5, 0.6) is 0 Å². The molecule has 2 rings (SSSR count). The molecule has 0 radical (unpaired) electrons. The van der Waals surface area contributed by atoms with Gasteiger partial charge in [0, 0.05) is 11.5 Å². The molecule has 2 aliphatic rings. The number of nitrogens with one attached hydrogen (secondary N) is 1. The maximum atomic E-state index is 11.2. The van der Waals surface area contributed by atoms with Gasteiger partial charge < -0.3 is 10.4 Å². The first kappa shape index (κ1) is 7.10. The van der Waals surface area contributed by atoms with E-state index in [4.69, 9.17) is 0 Å². The zero-order valence-corrected chi connectivity index (χ0v) is 6.63. The Morgan fingerprint density at radius 2 is 2.36 bits per heavy atom. The van der Waals surface area contributed by atoms with E-state index in [1.54, 1.807) is 0 Å². The lowest BCUT2D eigenvalue weighted by Gasteiger charge is -2.30. The topological polar surface area (TPSA) is 49.3 Å². The Hall–Kier alpha value is -0.570. The molecule has 3 nitrogen and oxygen atoms in total. The van der Waals surface area contributed by atoms with Crippen LogP contribution in [-0.4, -0.2) is 22.7 Å². The number of rotatable bonds is 0. The van der Waals surface area contributed by atoms with Crippen LogP contribution in [0.1, 0.15) is 26.2 Å². The van der Waals surface area contributed by atoms with E-state index in [-0.39, 0.29) is 23.5 Å². The third kappa shape index (κ3) is 1.03. The van der Waals surface area contributed by atoms with Gasteiger partial charge in [0.15, 0.2) is 0 Å². The van der Waals surface area contributed by atoms with Crippen molar-refractivity contribution in [2.45, 2.75) is 37.8 Å². The van der Waals surface area contributed by atoms with Gasteiger partial charge in [-0.3, -0.25) is 4.79 Å². The maximum absolute atomic E-state index is 11.2. The second-order valence-electron chi connectivity index (χ2n) is 4.04. The Labute approximate surface area is 65.8 Å². The van der Waals surface area contributed by atoms with Crippen molar-refractivity contribution in [3.8, 4) is 0 Å². The summed E-state index contributed by atoms with van der Waals surface area (Å²) in [5.74, 6) is 0.202. The molecule has 0 spiro atoms. The lowest BCUT2D eigenvalue weighted by molar-refractivity contribution is -0.123. The Balaban J connectivity index is 2.23. The average Bonchev–Trinajstić information content (AvgIpc) is 2.01. The first-order valence-electron chi connectivity index (χ1n) is 4.09. The molecule has 3 atom stereocenters. The summed E-state index contributed by atoms with van der Waals surface area (Å²) in [6, 6.07) is 0. The van der Waals surface area contributed by atoms with Crippen LogP contribution in [0.15, 0.2) is 0 Å². The molecule has 0 unspecified atom stereocenters. The van der Waals surface area contributed by atoms with Crippen molar-refractivity contribution >= 4 is 5.91 Å². The molecule has 62 valence electrons. The van der Waals surface area contributed by atoms with Crippen molar-refractivity contribution in [3.63, 3.8) is 0 Å². The number of carbonyl (C=O) groups excluding carboxylic acids is 1. The Morgan fingerprint density at radius 3 is 3.00 bits per heavy atom. The summed E-state index contributed by atoms with van der Waals surface area (Å²) < 4.78 is 0. The second kappa shape index (κ2) is 1.97. The van der Waals surface area contributed by atoms with E-state index in [9.17, 15) is 9.90 Å². The van der Waals surface area contributed by atoms with Crippen molar-refractivity contribution in [1.82, 2.24) is 5.32 Å². The van der Waals surface area contributed by atoms with E-state index in [0.717, 1.165) is 12.8 Å². The predicted octanol–water partition coefficient (Wildman–Crippen LogP) is 0.0359. The van der Waals surface area contributed by atoms with Crippen molar-refractivity contribution in [1.29, 1.82) is 0 Å². The van der Waals surface area contributed by atoms with Crippen molar-refractivity contribution in [3.05, 3.63) is 0 Å². The van der Waals surface area contributed by atoms with Gasteiger partial charge in [0.05, 0.1) is 6.10 Å². The number of amides is 1. The molecule has 11 heavy (non-hydrogen) atoms. The van der Waals surface area contributed by atoms with Crippen LogP contribution >= 0.6 is 0 Å². The molecule has 1 amide bonds. The van der Waals surface area contributed by atoms with Crippen LogP contribution in [0.4, 0.5) is 0 Å². The van der Waals surface area contributed by atoms with Gasteiger partial charge in [0.25, 0.3) is 0 Å². The van der Waals surface area contributed by atoms with Crippen molar-refractivity contribution in [2.24, 2.45) is 5.92 Å². The lowest BCUT2D eigenvalue weighted by atomic mass is 9.80. The molecule has 1 saturated carbocycles. The normalized spacial score (nSPS) is 49.1. The third-order valence-corrected chi connectivity index (χ3v) is 2.74. The zero-order chi connectivity index (χ0) is 8.06. The Bertz CT molecular complexity index is 204. The first-order valence-corrected chi connectivity index (χ1v) is 4.09. The van der Waals surface area contributed by atoms with Crippen LogP contribution in [0, 0.1) is 5.92 Å². The second-order valence-corrected chi connectivity index (χ2v) is 4.04. The number of carbonyl (C=O) groups is 1. The van der Waals surface area contributed by atoms with Crippen molar-refractivity contribution < 1.29 is 9.90 Å². The third-order valence-electron chi connectivity index (χ3n) is 2.74. The van der Waals surface area contributed by atoms with Crippen LogP contribution in [0.2, 0.25) is 0 Å². The van der Waals surface area contributed by atoms with Crippen LogP contribution in [0.3, 0.4) is 0 Å². The molecule has 1 aliphatic carbocycles. The highest BCUT2D eigenvalue weighted by Crippen LogP contribution is 2.37. The Morgan fingerprint density at radius 1 is 1.64 bits per heavy atom. The van der Waals surface area contributed by atoms with Crippen LogP contribution in [-0.2, 0) is 4.79 Å². The molecule has 3 heteroatoms. The number of aliphatic hydroxyl groups excluding tert-OH is 1. The van der Waals surface area contributed by atoms with Gasteiger partial charge in [-0.2, -0.15) is 0 Å². The fraction of sp³-hybridized carbons (Fsp3) is 0.875. The summed E-state index contributed by atoms with van der Waals surface area (Å²) in [6.07, 6.45) is 2.00. The molecule has 2 fully saturated rings. The van der Waals surface area contributed by atoms with Crippen LogP contribution in [0.25, 0.3) is 0 Å². The van der Waals surface area contributed by atoms with Gasteiger partial charge in [-0.05, 0) is 26.2 Å². The molecule has 1 heterocycles.